The number of carbonyl (C=O) groups excluding carboxylic acids is 1. The maximum absolute atomic E-state index is 13.0. The minimum Gasteiger partial charge on any atom is -0.497 e. The van der Waals surface area contributed by atoms with E-state index in [1.54, 1.807) is 31.4 Å². The van der Waals surface area contributed by atoms with E-state index in [1.165, 1.54) is 24.3 Å². The Hall–Kier alpha value is -3.54. The van der Waals surface area contributed by atoms with Crippen molar-refractivity contribution in [1.82, 2.24) is 0 Å². The highest BCUT2D eigenvalue weighted by atomic mass is 19.1. The van der Waals surface area contributed by atoms with Gasteiger partial charge in [-0.25, -0.2) is 4.39 Å². The lowest BCUT2D eigenvalue weighted by atomic mass is 10.1. The van der Waals surface area contributed by atoms with E-state index >= 15 is 0 Å². The topological polar surface area (TPSA) is 56.8 Å². The average Bonchev–Trinajstić information content (AvgIpc) is 2.75. The minimum absolute atomic E-state index is 0.222. The SMILES string of the molecule is CCOc1ccc(C(=O)Nc2ccc(F)cc2)cc1COc1cccc(OC)c1. The normalized spacial score (nSPS) is 10.3. The second-order valence-corrected chi connectivity index (χ2v) is 6.18. The van der Waals surface area contributed by atoms with E-state index in [4.69, 9.17) is 14.2 Å². The summed E-state index contributed by atoms with van der Waals surface area (Å²) in [5.41, 5.74) is 1.70. The molecule has 0 aliphatic carbocycles. The molecule has 0 spiro atoms. The van der Waals surface area contributed by atoms with Crippen LogP contribution in [0.25, 0.3) is 0 Å². The molecule has 1 N–H and O–H groups in total. The molecule has 0 bridgehead atoms. The van der Waals surface area contributed by atoms with Crippen molar-refractivity contribution >= 4 is 11.6 Å². The lowest BCUT2D eigenvalue weighted by Crippen LogP contribution is -2.13. The van der Waals surface area contributed by atoms with Crippen molar-refractivity contribution in [1.29, 1.82) is 0 Å². The zero-order valence-electron chi connectivity index (χ0n) is 16.3. The van der Waals surface area contributed by atoms with Crippen molar-refractivity contribution in [2.75, 3.05) is 19.0 Å². The van der Waals surface area contributed by atoms with Crippen LogP contribution in [0.5, 0.6) is 17.2 Å². The molecule has 1 amide bonds. The maximum atomic E-state index is 13.0. The first-order chi connectivity index (χ1) is 14.1. The highest BCUT2D eigenvalue weighted by Crippen LogP contribution is 2.25. The zero-order chi connectivity index (χ0) is 20.6. The van der Waals surface area contributed by atoms with Crippen LogP contribution in [0, 0.1) is 5.82 Å². The molecule has 0 aliphatic heterocycles. The molecular formula is C23H22FNO4. The molecule has 0 saturated carbocycles. The summed E-state index contributed by atoms with van der Waals surface area (Å²) in [6.45, 7) is 2.61. The fourth-order valence-electron chi connectivity index (χ4n) is 2.72. The largest absolute Gasteiger partial charge is 0.497 e. The monoisotopic (exact) mass is 395 g/mol. The molecule has 5 nitrogen and oxygen atoms in total. The highest BCUT2D eigenvalue weighted by Gasteiger charge is 2.12. The van der Waals surface area contributed by atoms with E-state index in [9.17, 15) is 9.18 Å². The Morgan fingerprint density at radius 3 is 2.45 bits per heavy atom. The first-order valence-corrected chi connectivity index (χ1v) is 9.18. The standard InChI is InChI=1S/C23H22FNO4/c1-3-28-22-12-7-16(23(26)25-19-10-8-18(24)9-11-19)13-17(22)15-29-21-6-4-5-20(14-21)27-2/h4-14H,3,15H2,1-2H3,(H,25,26). The number of halogens is 1. The van der Waals surface area contributed by atoms with Crippen molar-refractivity contribution in [3.8, 4) is 17.2 Å². The van der Waals surface area contributed by atoms with Gasteiger partial charge in [-0.2, -0.15) is 0 Å². The summed E-state index contributed by atoms with van der Waals surface area (Å²) in [5.74, 6) is 1.32. The number of ether oxygens (including phenoxy) is 3. The van der Waals surface area contributed by atoms with Crippen LogP contribution >= 0.6 is 0 Å². The van der Waals surface area contributed by atoms with E-state index < -0.39 is 0 Å². The first-order valence-electron chi connectivity index (χ1n) is 9.18. The summed E-state index contributed by atoms with van der Waals surface area (Å²) in [4.78, 5) is 12.6. The Kier molecular flexibility index (Phi) is 6.68. The van der Waals surface area contributed by atoms with Gasteiger partial charge in [0.2, 0.25) is 0 Å². The fraction of sp³-hybridized carbons (Fsp3) is 0.174. The van der Waals surface area contributed by atoms with E-state index in [0.717, 1.165) is 5.56 Å². The predicted molar refractivity (Wildman–Crippen MR) is 109 cm³/mol. The Morgan fingerprint density at radius 1 is 0.966 bits per heavy atom. The van der Waals surface area contributed by atoms with Crippen LogP contribution in [0.2, 0.25) is 0 Å². The smallest absolute Gasteiger partial charge is 0.255 e. The molecule has 0 heterocycles. The summed E-state index contributed by atoms with van der Waals surface area (Å²) in [7, 11) is 1.59. The van der Waals surface area contributed by atoms with Gasteiger partial charge in [-0.1, -0.05) is 6.07 Å². The molecule has 0 unspecified atom stereocenters. The second-order valence-electron chi connectivity index (χ2n) is 6.18. The third-order valence-electron chi connectivity index (χ3n) is 4.16. The van der Waals surface area contributed by atoms with Gasteiger partial charge in [0.25, 0.3) is 5.91 Å². The number of amides is 1. The summed E-state index contributed by atoms with van der Waals surface area (Å²) in [6.07, 6.45) is 0. The molecule has 0 aromatic heterocycles. The van der Waals surface area contributed by atoms with Crippen molar-refractivity contribution in [2.24, 2.45) is 0 Å². The Balaban J connectivity index is 1.77. The van der Waals surface area contributed by atoms with Crippen molar-refractivity contribution in [2.45, 2.75) is 13.5 Å². The van der Waals surface area contributed by atoms with Crippen LogP contribution in [0.15, 0.2) is 66.7 Å². The molecule has 0 fully saturated rings. The number of hydrogen-bond donors (Lipinski definition) is 1. The van der Waals surface area contributed by atoms with Crippen molar-refractivity contribution in [3.05, 3.63) is 83.7 Å². The maximum Gasteiger partial charge on any atom is 0.255 e. The van der Waals surface area contributed by atoms with E-state index in [2.05, 4.69) is 5.32 Å². The highest BCUT2D eigenvalue weighted by molar-refractivity contribution is 6.04. The Morgan fingerprint density at radius 2 is 1.72 bits per heavy atom. The van der Waals surface area contributed by atoms with Gasteiger partial charge >= 0.3 is 0 Å². The van der Waals surface area contributed by atoms with Crippen LogP contribution in [0.4, 0.5) is 10.1 Å². The second kappa shape index (κ2) is 9.59. The van der Waals surface area contributed by atoms with Gasteiger partial charge in [0.1, 0.15) is 29.7 Å². The number of carbonyl (C=O) groups is 1. The van der Waals surface area contributed by atoms with Gasteiger partial charge in [-0.05, 0) is 61.5 Å². The lowest BCUT2D eigenvalue weighted by Gasteiger charge is -2.14. The fourth-order valence-corrected chi connectivity index (χ4v) is 2.72. The molecule has 0 saturated heterocycles. The lowest BCUT2D eigenvalue weighted by molar-refractivity contribution is 0.102. The van der Waals surface area contributed by atoms with Gasteiger partial charge in [0, 0.05) is 22.9 Å². The number of hydrogen-bond acceptors (Lipinski definition) is 4. The minimum atomic E-state index is -0.360. The predicted octanol–water partition coefficient (Wildman–Crippen LogP) is 5.06. The summed E-state index contributed by atoms with van der Waals surface area (Å²) >= 11 is 0. The number of nitrogens with one attached hydrogen (secondary N) is 1. The molecule has 3 rings (SSSR count). The van der Waals surface area contributed by atoms with Crippen molar-refractivity contribution < 1.29 is 23.4 Å². The van der Waals surface area contributed by atoms with Gasteiger partial charge < -0.3 is 19.5 Å². The number of rotatable bonds is 8. The number of methoxy groups -OCH3 is 1. The van der Waals surface area contributed by atoms with Gasteiger partial charge in [-0.15, -0.1) is 0 Å². The third-order valence-corrected chi connectivity index (χ3v) is 4.16. The molecule has 3 aromatic carbocycles. The third kappa shape index (κ3) is 5.48. The number of benzene rings is 3. The zero-order valence-corrected chi connectivity index (χ0v) is 16.3. The van der Waals surface area contributed by atoms with E-state index in [-0.39, 0.29) is 18.3 Å². The van der Waals surface area contributed by atoms with Gasteiger partial charge in [0.15, 0.2) is 0 Å². The molecule has 29 heavy (non-hydrogen) atoms. The van der Waals surface area contributed by atoms with Crippen LogP contribution < -0.4 is 19.5 Å². The molecule has 150 valence electrons. The van der Waals surface area contributed by atoms with E-state index in [0.29, 0.717) is 35.1 Å². The molecular weight excluding hydrogens is 373 g/mol. The molecule has 0 aliphatic rings. The van der Waals surface area contributed by atoms with Crippen molar-refractivity contribution in [3.63, 3.8) is 0 Å². The molecule has 0 atom stereocenters. The summed E-state index contributed by atoms with van der Waals surface area (Å²) < 4.78 is 29.8. The summed E-state index contributed by atoms with van der Waals surface area (Å²) in [5, 5.41) is 2.75. The Bertz CT molecular complexity index is 973. The first kappa shape index (κ1) is 20.2. The van der Waals surface area contributed by atoms with Crippen LogP contribution in [-0.2, 0) is 6.61 Å². The van der Waals surface area contributed by atoms with Crippen LogP contribution in [-0.4, -0.2) is 19.6 Å². The van der Waals surface area contributed by atoms with E-state index in [1.807, 2.05) is 25.1 Å². The summed E-state index contributed by atoms with van der Waals surface area (Å²) in [6, 6.07) is 18.0. The van der Waals surface area contributed by atoms with Gasteiger partial charge in [-0.3, -0.25) is 4.79 Å². The molecule has 6 heteroatoms. The Labute approximate surface area is 169 Å². The van der Waals surface area contributed by atoms with Crippen LogP contribution in [0.1, 0.15) is 22.8 Å². The average molecular weight is 395 g/mol. The molecule has 0 radical (unpaired) electrons. The molecule has 3 aromatic rings. The van der Waals surface area contributed by atoms with Gasteiger partial charge in [0.05, 0.1) is 13.7 Å². The number of anilines is 1. The quantitative estimate of drug-likeness (QED) is 0.579. The van der Waals surface area contributed by atoms with Crippen LogP contribution in [0.3, 0.4) is 0 Å².